The summed E-state index contributed by atoms with van der Waals surface area (Å²) in [5, 5.41) is 3.77. The highest BCUT2D eigenvalue weighted by Gasteiger charge is 2.38. The lowest BCUT2D eigenvalue weighted by Gasteiger charge is -2.38. The third-order valence-corrected chi connectivity index (χ3v) is 6.88. The second-order valence-electron chi connectivity index (χ2n) is 7.53. The molecule has 0 radical (unpaired) electrons. The number of nitrogens with zero attached hydrogens (tertiary/aromatic N) is 1. The highest BCUT2D eigenvalue weighted by Crippen LogP contribution is 2.50. The fraction of sp³-hybridized carbons (Fsp3) is 0.375. The van der Waals surface area contributed by atoms with Gasteiger partial charge in [-0.2, -0.15) is 0 Å². The summed E-state index contributed by atoms with van der Waals surface area (Å²) in [4.78, 5) is 16.0. The third kappa shape index (κ3) is 3.35. The van der Waals surface area contributed by atoms with Gasteiger partial charge in [-0.05, 0) is 73.9 Å². The Bertz CT molecular complexity index is 886. The molecule has 2 aromatic rings. The van der Waals surface area contributed by atoms with Crippen LogP contribution < -0.4 is 5.32 Å². The number of hydrogen-bond acceptors (Lipinski definition) is 3. The average Bonchev–Trinajstić information content (AvgIpc) is 3.24. The molecular weight excluding hydrogens is 364 g/mol. The number of hydrogen-bond donors (Lipinski definition) is 1. The minimum atomic E-state index is 0.126. The molecule has 1 aliphatic heterocycles. The van der Waals surface area contributed by atoms with Gasteiger partial charge in [0.25, 0.3) is 5.91 Å². The summed E-state index contributed by atoms with van der Waals surface area (Å²) in [7, 11) is 0. The quantitative estimate of drug-likeness (QED) is 0.522. The maximum Gasteiger partial charge on any atom is 0.253 e. The molecule has 1 N–H and O–H groups in total. The molecule has 3 unspecified atom stereocenters. The van der Waals surface area contributed by atoms with Crippen LogP contribution in [0.15, 0.2) is 59.5 Å². The van der Waals surface area contributed by atoms with Gasteiger partial charge >= 0.3 is 0 Å². The number of benzene rings is 2. The monoisotopic (exact) mass is 392 g/mol. The van der Waals surface area contributed by atoms with E-state index in [0.717, 1.165) is 30.8 Å². The van der Waals surface area contributed by atoms with E-state index in [9.17, 15) is 4.79 Å². The van der Waals surface area contributed by atoms with Crippen molar-refractivity contribution in [1.29, 1.82) is 0 Å². The standard InChI is InChI=1S/C24H28N2OS/c1-4-26(5-2)24(27)17-11-14-22-21(15-17)19-7-6-8-20(19)23(25-22)16-9-12-18(28-3)13-10-16/h6-7,9-15,19-20,23,25H,4-5,8H2,1-3H3. The number of fused-ring (bicyclic) bond motifs is 3. The lowest BCUT2D eigenvalue weighted by atomic mass is 9.76. The van der Waals surface area contributed by atoms with Gasteiger partial charge in [0, 0.05) is 35.2 Å². The first kappa shape index (κ1) is 19.1. The molecule has 0 spiro atoms. The van der Waals surface area contributed by atoms with Gasteiger partial charge in [-0.25, -0.2) is 0 Å². The van der Waals surface area contributed by atoms with Crippen molar-refractivity contribution in [2.24, 2.45) is 5.92 Å². The molecule has 1 amide bonds. The molecule has 0 bridgehead atoms. The number of anilines is 1. The second kappa shape index (κ2) is 8.04. The fourth-order valence-electron chi connectivity index (χ4n) is 4.56. The van der Waals surface area contributed by atoms with Crippen LogP contribution in [-0.4, -0.2) is 30.2 Å². The van der Waals surface area contributed by atoms with Gasteiger partial charge in [0.15, 0.2) is 0 Å². The molecule has 0 saturated carbocycles. The third-order valence-electron chi connectivity index (χ3n) is 6.14. The Labute approximate surface area is 172 Å². The number of amides is 1. The van der Waals surface area contributed by atoms with Crippen molar-refractivity contribution in [3.63, 3.8) is 0 Å². The first-order chi connectivity index (χ1) is 13.7. The van der Waals surface area contributed by atoms with Crippen molar-refractivity contribution in [3.8, 4) is 0 Å². The average molecular weight is 393 g/mol. The highest BCUT2D eigenvalue weighted by atomic mass is 32.2. The summed E-state index contributed by atoms with van der Waals surface area (Å²) < 4.78 is 0. The van der Waals surface area contributed by atoms with E-state index < -0.39 is 0 Å². The molecule has 0 saturated heterocycles. The SMILES string of the molecule is CCN(CC)C(=O)c1ccc2c(c1)C1C=CCC1C(c1ccc(SC)cc1)N2. The Kier molecular flexibility index (Phi) is 5.49. The van der Waals surface area contributed by atoms with Gasteiger partial charge in [-0.3, -0.25) is 4.79 Å². The lowest BCUT2D eigenvalue weighted by molar-refractivity contribution is 0.0773. The molecule has 3 nitrogen and oxygen atoms in total. The van der Waals surface area contributed by atoms with Crippen LogP contribution in [0.1, 0.15) is 53.7 Å². The highest BCUT2D eigenvalue weighted by molar-refractivity contribution is 7.98. The number of thioether (sulfide) groups is 1. The van der Waals surface area contributed by atoms with Crippen LogP contribution in [0, 0.1) is 5.92 Å². The van der Waals surface area contributed by atoms with E-state index in [0.29, 0.717) is 17.9 Å². The van der Waals surface area contributed by atoms with Crippen molar-refractivity contribution < 1.29 is 4.79 Å². The van der Waals surface area contributed by atoms with E-state index in [1.807, 2.05) is 24.8 Å². The number of rotatable bonds is 5. The van der Waals surface area contributed by atoms with Gasteiger partial charge < -0.3 is 10.2 Å². The largest absolute Gasteiger partial charge is 0.378 e. The topological polar surface area (TPSA) is 32.3 Å². The molecular formula is C24H28N2OS. The maximum atomic E-state index is 12.8. The first-order valence-electron chi connectivity index (χ1n) is 10.2. The van der Waals surface area contributed by atoms with Gasteiger partial charge in [-0.15, -0.1) is 11.8 Å². The van der Waals surface area contributed by atoms with Crippen molar-refractivity contribution >= 4 is 23.4 Å². The minimum Gasteiger partial charge on any atom is -0.378 e. The first-order valence-corrected chi connectivity index (χ1v) is 11.4. The predicted molar refractivity (Wildman–Crippen MR) is 118 cm³/mol. The molecule has 3 atom stereocenters. The van der Waals surface area contributed by atoms with E-state index >= 15 is 0 Å². The lowest BCUT2D eigenvalue weighted by Crippen LogP contribution is -2.32. The summed E-state index contributed by atoms with van der Waals surface area (Å²) in [6.07, 6.45) is 7.81. The second-order valence-corrected chi connectivity index (χ2v) is 8.41. The van der Waals surface area contributed by atoms with Crippen LogP contribution in [0.3, 0.4) is 0 Å². The number of nitrogens with one attached hydrogen (secondary N) is 1. The zero-order valence-electron chi connectivity index (χ0n) is 16.8. The molecule has 28 heavy (non-hydrogen) atoms. The van der Waals surface area contributed by atoms with E-state index in [1.165, 1.54) is 16.0 Å². The molecule has 0 aromatic heterocycles. The van der Waals surface area contributed by atoms with E-state index in [1.54, 1.807) is 11.8 Å². The van der Waals surface area contributed by atoms with Gasteiger partial charge in [0.2, 0.25) is 0 Å². The Morgan fingerprint density at radius 3 is 2.57 bits per heavy atom. The molecule has 4 rings (SSSR count). The normalized spacial score (nSPS) is 22.3. The van der Waals surface area contributed by atoms with Crippen molar-refractivity contribution in [1.82, 2.24) is 4.90 Å². The fourth-order valence-corrected chi connectivity index (χ4v) is 4.97. The summed E-state index contributed by atoms with van der Waals surface area (Å²) in [6, 6.07) is 15.4. The Morgan fingerprint density at radius 2 is 1.89 bits per heavy atom. The molecule has 4 heteroatoms. The number of carbonyl (C=O) groups excluding carboxylic acids is 1. The summed E-state index contributed by atoms with van der Waals surface area (Å²) in [6.45, 7) is 5.55. The molecule has 2 aromatic carbocycles. The Balaban J connectivity index is 1.67. The van der Waals surface area contributed by atoms with Crippen LogP contribution in [0.25, 0.3) is 0 Å². The van der Waals surface area contributed by atoms with Crippen molar-refractivity contribution in [2.75, 3.05) is 24.7 Å². The van der Waals surface area contributed by atoms with Crippen LogP contribution in [0.2, 0.25) is 0 Å². The molecule has 146 valence electrons. The summed E-state index contributed by atoms with van der Waals surface area (Å²) in [5.74, 6) is 0.985. The van der Waals surface area contributed by atoms with Crippen LogP contribution >= 0.6 is 11.8 Å². The van der Waals surface area contributed by atoms with Gasteiger partial charge in [-0.1, -0.05) is 24.3 Å². The van der Waals surface area contributed by atoms with Crippen LogP contribution in [0.5, 0.6) is 0 Å². The van der Waals surface area contributed by atoms with E-state index in [4.69, 9.17) is 0 Å². The minimum absolute atomic E-state index is 0.126. The van der Waals surface area contributed by atoms with Crippen LogP contribution in [0.4, 0.5) is 5.69 Å². The van der Waals surface area contributed by atoms with E-state index in [2.05, 4.69) is 60.1 Å². The zero-order valence-corrected chi connectivity index (χ0v) is 17.6. The van der Waals surface area contributed by atoms with Gasteiger partial charge in [0.05, 0.1) is 6.04 Å². The van der Waals surface area contributed by atoms with Crippen molar-refractivity contribution in [3.05, 3.63) is 71.3 Å². The molecule has 1 heterocycles. The Hall–Kier alpha value is -2.20. The zero-order chi connectivity index (χ0) is 19.7. The predicted octanol–water partition coefficient (Wildman–Crippen LogP) is 5.72. The van der Waals surface area contributed by atoms with Crippen LogP contribution in [-0.2, 0) is 0 Å². The molecule has 1 aliphatic carbocycles. The summed E-state index contributed by atoms with van der Waals surface area (Å²) in [5.41, 5.74) is 4.55. The summed E-state index contributed by atoms with van der Waals surface area (Å²) >= 11 is 1.77. The molecule has 2 aliphatic rings. The smallest absolute Gasteiger partial charge is 0.253 e. The maximum absolute atomic E-state index is 12.8. The number of carbonyl (C=O) groups is 1. The molecule has 0 fully saturated rings. The van der Waals surface area contributed by atoms with E-state index in [-0.39, 0.29) is 5.91 Å². The van der Waals surface area contributed by atoms with Gasteiger partial charge in [0.1, 0.15) is 0 Å². The Morgan fingerprint density at radius 1 is 1.14 bits per heavy atom. The van der Waals surface area contributed by atoms with Crippen molar-refractivity contribution in [2.45, 2.75) is 37.1 Å². The number of allylic oxidation sites excluding steroid dienone is 2.